The minimum Gasteiger partial charge on any atom is -0.384 e. The number of rotatable bonds is 5. The molecule has 0 spiro atoms. The standard InChI is InChI=1S/C22H20N4O3/c1-26(29)22(28)19-9-5-3-7-17(19)16-6-2-4-8-18(16)21(27)25-15-12-10-14(11-13-15)20(23)24/h2-13,29H,1H3,(H3,23,24)(H,25,27). The first-order valence-corrected chi connectivity index (χ1v) is 8.79. The third-order valence-electron chi connectivity index (χ3n) is 4.37. The first-order chi connectivity index (χ1) is 13.9. The number of hydroxylamine groups is 2. The monoisotopic (exact) mass is 388 g/mol. The lowest BCUT2D eigenvalue weighted by molar-refractivity contribution is -0.0374. The molecular weight excluding hydrogens is 368 g/mol. The maximum atomic E-state index is 12.9. The fraction of sp³-hybridized carbons (Fsp3) is 0.0455. The molecule has 146 valence electrons. The van der Waals surface area contributed by atoms with Crippen molar-refractivity contribution in [3.63, 3.8) is 0 Å². The zero-order valence-electron chi connectivity index (χ0n) is 15.7. The summed E-state index contributed by atoms with van der Waals surface area (Å²) in [6.07, 6.45) is 0. The number of nitrogens with one attached hydrogen (secondary N) is 2. The van der Waals surface area contributed by atoms with E-state index >= 15 is 0 Å². The summed E-state index contributed by atoms with van der Waals surface area (Å²) in [5, 5.41) is 20.3. The van der Waals surface area contributed by atoms with Crippen molar-refractivity contribution in [1.29, 1.82) is 5.41 Å². The van der Waals surface area contributed by atoms with Crippen LogP contribution in [0, 0.1) is 5.41 Å². The summed E-state index contributed by atoms with van der Waals surface area (Å²) in [5.41, 5.74) is 8.32. The Hall–Kier alpha value is -3.97. The van der Waals surface area contributed by atoms with Crippen molar-refractivity contribution in [1.82, 2.24) is 5.06 Å². The van der Waals surface area contributed by atoms with E-state index in [1.54, 1.807) is 72.8 Å². The number of carbonyl (C=O) groups excluding carboxylic acids is 2. The Kier molecular flexibility index (Phi) is 5.71. The van der Waals surface area contributed by atoms with Gasteiger partial charge in [-0.2, -0.15) is 0 Å². The summed E-state index contributed by atoms with van der Waals surface area (Å²) in [6.45, 7) is 0. The highest BCUT2D eigenvalue weighted by Gasteiger charge is 2.19. The van der Waals surface area contributed by atoms with E-state index in [-0.39, 0.29) is 17.3 Å². The highest BCUT2D eigenvalue weighted by Crippen LogP contribution is 2.28. The summed E-state index contributed by atoms with van der Waals surface area (Å²) >= 11 is 0. The van der Waals surface area contributed by atoms with E-state index in [4.69, 9.17) is 11.1 Å². The quantitative estimate of drug-likeness (QED) is 0.232. The average Bonchev–Trinajstić information content (AvgIpc) is 2.73. The molecular formula is C22H20N4O3. The Morgan fingerprint density at radius 3 is 1.97 bits per heavy atom. The number of nitrogen functional groups attached to an aromatic ring is 1. The van der Waals surface area contributed by atoms with E-state index in [1.165, 1.54) is 7.05 Å². The van der Waals surface area contributed by atoms with Gasteiger partial charge in [0, 0.05) is 29.4 Å². The van der Waals surface area contributed by atoms with Crippen molar-refractivity contribution >= 4 is 23.3 Å². The van der Waals surface area contributed by atoms with Crippen molar-refractivity contribution in [3.8, 4) is 11.1 Å². The molecule has 5 N–H and O–H groups in total. The molecule has 3 aromatic carbocycles. The number of nitrogens with zero attached hydrogens (tertiary/aromatic N) is 1. The second-order valence-electron chi connectivity index (χ2n) is 6.37. The second kappa shape index (κ2) is 8.37. The molecule has 0 heterocycles. The molecule has 0 saturated carbocycles. The molecule has 2 amide bonds. The molecule has 0 aliphatic rings. The molecule has 0 fully saturated rings. The van der Waals surface area contributed by atoms with Gasteiger partial charge in [-0.3, -0.25) is 20.2 Å². The molecule has 0 bridgehead atoms. The van der Waals surface area contributed by atoms with Crippen molar-refractivity contribution < 1.29 is 14.8 Å². The van der Waals surface area contributed by atoms with Gasteiger partial charge < -0.3 is 11.1 Å². The van der Waals surface area contributed by atoms with Gasteiger partial charge in [0.25, 0.3) is 11.8 Å². The van der Waals surface area contributed by atoms with Gasteiger partial charge in [0.15, 0.2) is 0 Å². The predicted molar refractivity (Wildman–Crippen MR) is 111 cm³/mol. The molecule has 0 aliphatic heterocycles. The van der Waals surface area contributed by atoms with E-state index in [9.17, 15) is 14.8 Å². The largest absolute Gasteiger partial charge is 0.384 e. The summed E-state index contributed by atoms with van der Waals surface area (Å²) in [6, 6.07) is 20.3. The van der Waals surface area contributed by atoms with Crippen LogP contribution in [0.1, 0.15) is 26.3 Å². The van der Waals surface area contributed by atoms with E-state index < -0.39 is 5.91 Å². The van der Waals surface area contributed by atoms with E-state index in [1.807, 2.05) is 0 Å². The van der Waals surface area contributed by atoms with Crippen LogP contribution in [0.25, 0.3) is 11.1 Å². The smallest absolute Gasteiger partial charge is 0.277 e. The summed E-state index contributed by atoms with van der Waals surface area (Å²) in [5.74, 6) is -0.977. The molecule has 0 unspecified atom stereocenters. The maximum Gasteiger partial charge on any atom is 0.277 e. The number of benzene rings is 3. The van der Waals surface area contributed by atoms with E-state index in [0.717, 1.165) is 0 Å². The number of nitrogens with two attached hydrogens (primary N) is 1. The first-order valence-electron chi connectivity index (χ1n) is 8.79. The SMILES string of the molecule is CN(O)C(=O)c1ccccc1-c1ccccc1C(=O)Nc1ccc(C(=N)N)cc1. The molecule has 0 saturated heterocycles. The van der Waals surface area contributed by atoms with Gasteiger partial charge in [-0.05, 0) is 47.5 Å². The second-order valence-corrected chi connectivity index (χ2v) is 6.37. The molecule has 7 heteroatoms. The number of anilines is 1. The first kappa shape index (κ1) is 19.8. The summed E-state index contributed by atoms with van der Waals surface area (Å²) < 4.78 is 0. The van der Waals surface area contributed by atoms with Gasteiger partial charge in [0.1, 0.15) is 5.84 Å². The topological polar surface area (TPSA) is 120 Å². The Labute approximate surface area is 167 Å². The van der Waals surface area contributed by atoms with Crippen molar-refractivity contribution in [3.05, 3.63) is 89.5 Å². The Bertz CT molecular complexity index is 1080. The molecule has 0 radical (unpaired) electrons. The van der Waals surface area contributed by atoms with Gasteiger partial charge in [-0.25, -0.2) is 5.06 Å². The van der Waals surface area contributed by atoms with Crippen LogP contribution in [-0.2, 0) is 0 Å². The number of hydrogen-bond acceptors (Lipinski definition) is 4. The number of hydrogen-bond donors (Lipinski definition) is 4. The van der Waals surface area contributed by atoms with Crippen LogP contribution in [0.15, 0.2) is 72.8 Å². The highest BCUT2D eigenvalue weighted by atomic mass is 16.5. The Morgan fingerprint density at radius 2 is 1.41 bits per heavy atom. The van der Waals surface area contributed by atoms with Gasteiger partial charge in [0.2, 0.25) is 0 Å². The fourth-order valence-corrected chi connectivity index (χ4v) is 2.93. The maximum absolute atomic E-state index is 12.9. The molecule has 3 rings (SSSR count). The van der Waals surface area contributed by atoms with Crippen LogP contribution in [0.5, 0.6) is 0 Å². The van der Waals surface area contributed by atoms with Crippen molar-refractivity contribution in [2.45, 2.75) is 0 Å². The van der Waals surface area contributed by atoms with Gasteiger partial charge in [-0.15, -0.1) is 0 Å². The third kappa shape index (κ3) is 4.31. The number of amides is 2. The van der Waals surface area contributed by atoms with Gasteiger partial charge >= 0.3 is 0 Å². The Balaban J connectivity index is 1.97. The van der Waals surface area contributed by atoms with E-state index in [0.29, 0.717) is 33.0 Å². The van der Waals surface area contributed by atoms with Crippen molar-refractivity contribution in [2.75, 3.05) is 12.4 Å². The molecule has 29 heavy (non-hydrogen) atoms. The normalized spacial score (nSPS) is 10.3. The van der Waals surface area contributed by atoms with Gasteiger partial charge in [0.05, 0.1) is 0 Å². The number of amidine groups is 1. The third-order valence-corrected chi connectivity index (χ3v) is 4.37. The molecule has 0 aromatic heterocycles. The molecule has 3 aromatic rings. The minimum atomic E-state index is -0.573. The zero-order valence-corrected chi connectivity index (χ0v) is 15.7. The lowest BCUT2D eigenvalue weighted by atomic mass is 9.94. The zero-order chi connectivity index (χ0) is 21.0. The molecule has 0 aliphatic carbocycles. The lowest BCUT2D eigenvalue weighted by Gasteiger charge is -2.15. The number of carbonyl (C=O) groups is 2. The molecule has 7 nitrogen and oxygen atoms in total. The van der Waals surface area contributed by atoms with Crippen LogP contribution >= 0.6 is 0 Å². The average molecular weight is 388 g/mol. The van der Waals surface area contributed by atoms with Crippen LogP contribution in [-0.4, -0.2) is 35.0 Å². The molecule has 0 atom stereocenters. The lowest BCUT2D eigenvalue weighted by Crippen LogP contribution is -2.23. The fourth-order valence-electron chi connectivity index (χ4n) is 2.93. The van der Waals surface area contributed by atoms with E-state index in [2.05, 4.69) is 5.32 Å². The Morgan fingerprint density at radius 1 is 0.897 bits per heavy atom. The predicted octanol–water partition coefficient (Wildman–Crippen LogP) is 3.35. The highest BCUT2D eigenvalue weighted by molar-refractivity contribution is 6.11. The minimum absolute atomic E-state index is 0.0525. The van der Waals surface area contributed by atoms with Crippen molar-refractivity contribution in [2.24, 2.45) is 5.73 Å². The van der Waals surface area contributed by atoms with Gasteiger partial charge in [-0.1, -0.05) is 36.4 Å². The van der Waals surface area contributed by atoms with Crippen LogP contribution < -0.4 is 11.1 Å². The summed E-state index contributed by atoms with van der Waals surface area (Å²) in [4.78, 5) is 25.3. The van der Waals surface area contributed by atoms with Crippen LogP contribution in [0.2, 0.25) is 0 Å². The summed E-state index contributed by atoms with van der Waals surface area (Å²) in [7, 11) is 1.25. The van der Waals surface area contributed by atoms with Crippen LogP contribution in [0.4, 0.5) is 5.69 Å². The van der Waals surface area contributed by atoms with Crippen LogP contribution in [0.3, 0.4) is 0 Å².